The fraction of sp³-hybridized carbons (Fsp3) is 0.417. The summed E-state index contributed by atoms with van der Waals surface area (Å²) < 4.78 is 10.3. The summed E-state index contributed by atoms with van der Waals surface area (Å²) >= 11 is 5.80. The van der Waals surface area contributed by atoms with Gasteiger partial charge >= 0.3 is 5.97 Å². The van der Waals surface area contributed by atoms with Gasteiger partial charge in [-0.1, -0.05) is 11.6 Å². The first-order valence-electron chi connectivity index (χ1n) is 5.07. The van der Waals surface area contributed by atoms with E-state index < -0.39 is 0 Å². The summed E-state index contributed by atoms with van der Waals surface area (Å²) in [6.45, 7) is 5.38. The maximum Gasteiger partial charge on any atom is 0.344 e. The van der Waals surface area contributed by atoms with Crippen LogP contribution in [0.2, 0.25) is 5.02 Å². The van der Waals surface area contributed by atoms with E-state index in [0.717, 1.165) is 5.56 Å². The van der Waals surface area contributed by atoms with Gasteiger partial charge in [-0.25, -0.2) is 4.79 Å². The molecule has 16 heavy (non-hydrogen) atoms. The van der Waals surface area contributed by atoms with Crippen LogP contribution in [0, 0.1) is 6.92 Å². The normalized spacial score (nSPS) is 10.3. The highest BCUT2D eigenvalue weighted by Crippen LogP contribution is 2.21. The van der Waals surface area contributed by atoms with Crippen molar-refractivity contribution in [3.8, 4) is 5.75 Å². The van der Waals surface area contributed by atoms with E-state index in [1.807, 2.05) is 6.92 Å². The third kappa shape index (κ3) is 4.11. The zero-order valence-corrected chi connectivity index (χ0v) is 10.4. The average Bonchev–Trinajstić information content (AvgIpc) is 2.15. The monoisotopic (exact) mass is 242 g/mol. The second kappa shape index (κ2) is 5.75. The Morgan fingerprint density at radius 1 is 1.44 bits per heavy atom. The Hall–Kier alpha value is -1.22. The Kier molecular flexibility index (Phi) is 4.62. The molecule has 0 aliphatic carbocycles. The number of esters is 1. The third-order valence-electron chi connectivity index (χ3n) is 1.85. The predicted octanol–water partition coefficient (Wildman–Crippen LogP) is 2.98. The number of ether oxygens (including phenoxy) is 2. The molecule has 0 heterocycles. The molecule has 0 atom stereocenters. The number of hydrogen-bond donors (Lipinski definition) is 0. The molecule has 88 valence electrons. The minimum Gasteiger partial charge on any atom is -0.482 e. The number of hydrogen-bond acceptors (Lipinski definition) is 3. The molecule has 0 unspecified atom stereocenters. The smallest absolute Gasteiger partial charge is 0.344 e. The Bertz CT molecular complexity index is 375. The van der Waals surface area contributed by atoms with E-state index in [1.54, 1.807) is 32.0 Å². The van der Waals surface area contributed by atoms with Crippen LogP contribution in [0.4, 0.5) is 0 Å². The van der Waals surface area contributed by atoms with Crippen LogP contribution in [0.25, 0.3) is 0 Å². The van der Waals surface area contributed by atoms with Gasteiger partial charge in [0.05, 0.1) is 6.10 Å². The lowest BCUT2D eigenvalue weighted by Gasteiger charge is -2.10. The van der Waals surface area contributed by atoms with Crippen LogP contribution in [0.3, 0.4) is 0 Å². The number of carbonyl (C=O) groups excluding carboxylic acids is 1. The fourth-order valence-electron chi connectivity index (χ4n) is 1.21. The van der Waals surface area contributed by atoms with Crippen molar-refractivity contribution in [2.75, 3.05) is 6.61 Å². The lowest BCUT2D eigenvalue weighted by molar-refractivity contribution is -0.149. The zero-order chi connectivity index (χ0) is 12.1. The fourth-order valence-corrected chi connectivity index (χ4v) is 1.44. The van der Waals surface area contributed by atoms with Crippen molar-refractivity contribution in [1.82, 2.24) is 0 Å². The van der Waals surface area contributed by atoms with E-state index in [2.05, 4.69) is 0 Å². The molecule has 0 aliphatic rings. The average molecular weight is 243 g/mol. The van der Waals surface area contributed by atoms with Crippen molar-refractivity contribution in [3.05, 3.63) is 28.8 Å². The number of aryl methyl sites for hydroxylation is 1. The topological polar surface area (TPSA) is 35.5 Å². The molecule has 0 radical (unpaired) electrons. The first-order chi connectivity index (χ1) is 7.49. The van der Waals surface area contributed by atoms with Crippen LogP contribution < -0.4 is 4.74 Å². The molecule has 0 saturated carbocycles. The van der Waals surface area contributed by atoms with Gasteiger partial charge in [0.25, 0.3) is 0 Å². The van der Waals surface area contributed by atoms with Gasteiger partial charge in [-0.2, -0.15) is 0 Å². The van der Waals surface area contributed by atoms with Crippen molar-refractivity contribution >= 4 is 17.6 Å². The van der Waals surface area contributed by atoms with Crippen LogP contribution in [-0.2, 0) is 9.53 Å². The summed E-state index contributed by atoms with van der Waals surface area (Å²) in [6, 6.07) is 5.24. The lowest BCUT2D eigenvalue weighted by Crippen LogP contribution is -2.18. The number of benzene rings is 1. The van der Waals surface area contributed by atoms with Gasteiger partial charge in [0, 0.05) is 5.02 Å². The molecule has 1 aromatic rings. The molecule has 0 N–H and O–H groups in total. The Labute approximate surface area is 100 Å². The van der Waals surface area contributed by atoms with Gasteiger partial charge in [0.2, 0.25) is 0 Å². The zero-order valence-electron chi connectivity index (χ0n) is 9.62. The highest BCUT2D eigenvalue weighted by molar-refractivity contribution is 6.30. The van der Waals surface area contributed by atoms with Gasteiger partial charge in [-0.3, -0.25) is 0 Å². The molecule has 1 rings (SSSR count). The summed E-state index contributed by atoms with van der Waals surface area (Å²) in [6.07, 6.45) is -0.123. The van der Waals surface area contributed by atoms with Crippen LogP contribution in [0.5, 0.6) is 5.75 Å². The second-order valence-electron chi connectivity index (χ2n) is 3.74. The number of rotatable bonds is 4. The molecule has 0 saturated heterocycles. The minimum absolute atomic E-state index is 0.0827. The van der Waals surface area contributed by atoms with Crippen LogP contribution in [0.15, 0.2) is 18.2 Å². The summed E-state index contributed by atoms with van der Waals surface area (Å²) in [5.41, 5.74) is 0.893. The molecule has 0 spiro atoms. The van der Waals surface area contributed by atoms with Gasteiger partial charge in [-0.05, 0) is 44.5 Å². The first-order valence-corrected chi connectivity index (χ1v) is 5.45. The van der Waals surface area contributed by atoms with Crippen molar-refractivity contribution in [3.63, 3.8) is 0 Å². The number of halogens is 1. The lowest BCUT2D eigenvalue weighted by atomic mass is 10.2. The third-order valence-corrected chi connectivity index (χ3v) is 2.08. The molecule has 0 bridgehead atoms. The second-order valence-corrected chi connectivity index (χ2v) is 4.17. The molecule has 0 fully saturated rings. The molecule has 3 nitrogen and oxygen atoms in total. The Morgan fingerprint density at radius 3 is 2.69 bits per heavy atom. The molecule has 1 aromatic carbocycles. The number of carbonyl (C=O) groups is 1. The van der Waals surface area contributed by atoms with Crippen LogP contribution >= 0.6 is 11.6 Å². The van der Waals surface area contributed by atoms with Gasteiger partial charge in [0.15, 0.2) is 6.61 Å². The standard InChI is InChI=1S/C12H15ClO3/c1-8(2)16-12(14)7-15-11-5-4-10(13)6-9(11)3/h4-6,8H,7H2,1-3H3. The SMILES string of the molecule is Cc1cc(Cl)ccc1OCC(=O)OC(C)C. The van der Waals surface area contributed by atoms with Crippen LogP contribution in [0.1, 0.15) is 19.4 Å². The molecule has 0 aromatic heterocycles. The van der Waals surface area contributed by atoms with Gasteiger partial charge in [-0.15, -0.1) is 0 Å². The van der Waals surface area contributed by atoms with Crippen molar-refractivity contribution in [1.29, 1.82) is 0 Å². The highest BCUT2D eigenvalue weighted by atomic mass is 35.5. The summed E-state index contributed by atoms with van der Waals surface area (Å²) in [5.74, 6) is 0.273. The minimum atomic E-state index is -0.371. The predicted molar refractivity (Wildman–Crippen MR) is 62.9 cm³/mol. The van der Waals surface area contributed by atoms with E-state index in [1.165, 1.54) is 0 Å². The van der Waals surface area contributed by atoms with Gasteiger partial charge < -0.3 is 9.47 Å². The first kappa shape index (κ1) is 12.8. The molecule has 0 amide bonds. The molecule has 4 heteroatoms. The van der Waals surface area contributed by atoms with E-state index in [0.29, 0.717) is 10.8 Å². The molecular formula is C12H15ClO3. The van der Waals surface area contributed by atoms with E-state index in [4.69, 9.17) is 21.1 Å². The highest BCUT2D eigenvalue weighted by Gasteiger charge is 2.07. The van der Waals surface area contributed by atoms with Crippen molar-refractivity contribution < 1.29 is 14.3 Å². The largest absolute Gasteiger partial charge is 0.482 e. The van der Waals surface area contributed by atoms with E-state index in [-0.39, 0.29) is 18.7 Å². The van der Waals surface area contributed by atoms with Crippen LogP contribution in [-0.4, -0.2) is 18.7 Å². The van der Waals surface area contributed by atoms with E-state index in [9.17, 15) is 4.79 Å². The van der Waals surface area contributed by atoms with Gasteiger partial charge in [0.1, 0.15) is 5.75 Å². The summed E-state index contributed by atoms with van der Waals surface area (Å²) in [4.78, 5) is 11.2. The quantitative estimate of drug-likeness (QED) is 0.762. The maximum atomic E-state index is 11.2. The molecule has 0 aliphatic heterocycles. The Morgan fingerprint density at radius 2 is 2.12 bits per heavy atom. The van der Waals surface area contributed by atoms with E-state index >= 15 is 0 Å². The summed E-state index contributed by atoms with van der Waals surface area (Å²) in [7, 11) is 0. The Balaban J connectivity index is 2.51. The van der Waals surface area contributed by atoms with Crippen molar-refractivity contribution in [2.45, 2.75) is 26.9 Å². The molecular weight excluding hydrogens is 228 g/mol. The van der Waals surface area contributed by atoms with Crippen molar-refractivity contribution in [2.24, 2.45) is 0 Å². The summed E-state index contributed by atoms with van der Waals surface area (Å²) in [5, 5.41) is 0.648. The maximum absolute atomic E-state index is 11.2.